The van der Waals surface area contributed by atoms with Crippen molar-refractivity contribution in [1.82, 2.24) is 0 Å². The molecule has 0 aliphatic carbocycles. The van der Waals surface area contributed by atoms with Gasteiger partial charge in [0.25, 0.3) is 0 Å². The highest BCUT2D eigenvalue weighted by Crippen LogP contribution is 2.13. The van der Waals surface area contributed by atoms with Crippen molar-refractivity contribution in [2.75, 3.05) is 139 Å². The Bertz CT molecular complexity index is 747. The Morgan fingerprint density at radius 3 is 0.724 bits per heavy atom. The maximum Gasteiger partial charge on any atom is 0.305 e. The Kier molecular flexibility index (Phi) is 53.2. The van der Waals surface area contributed by atoms with E-state index in [1.165, 1.54) is 116 Å². The number of rotatable bonds is 53. The second kappa shape index (κ2) is 54.1. The van der Waals surface area contributed by atoms with E-state index in [4.69, 9.17) is 52.1 Å². The average Bonchev–Trinajstić information content (AvgIpc) is 3.23. The summed E-state index contributed by atoms with van der Waals surface area (Å²) >= 11 is 0. The van der Waals surface area contributed by atoms with Gasteiger partial charge in [0.15, 0.2) is 0 Å². The van der Waals surface area contributed by atoms with Crippen molar-refractivity contribution in [1.29, 1.82) is 0 Å². The van der Waals surface area contributed by atoms with Crippen LogP contribution in [-0.4, -0.2) is 145 Å². The molecule has 0 rings (SSSR count). The van der Waals surface area contributed by atoms with E-state index in [2.05, 4.69) is 13.8 Å². The molecule has 0 radical (unpaired) electrons. The monoisotopic (exact) mass is 837 g/mol. The number of esters is 1. The molecule has 348 valence electrons. The number of ether oxygens (including phenoxy) is 11. The van der Waals surface area contributed by atoms with Crippen LogP contribution < -0.4 is 0 Å². The lowest BCUT2D eigenvalue weighted by atomic mass is 10.0. The zero-order valence-corrected chi connectivity index (χ0v) is 37.8. The van der Waals surface area contributed by atoms with Gasteiger partial charge in [0.05, 0.1) is 126 Å². The van der Waals surface area contributed by atoms with Crippen LogP contribution in [0.2, 0.25) is 0 Å². The van der Waals surface area contributed by atoms with Crippen molar-refractivity contribution in [3.05, 3.63) is 0 Å². The standard InChI is InChI=1S/C46H92O12/c1-3-5-7-9-11-12-13-14-15-16-17-19-21-23-25-48-26-27-49-28-29-50-30-31-51-32-33-52-34-35-53-36-37-54-38-39-55-40-41-56-42-43-57-44-45-58-46(47)24-22-20-18-10-8-6-4-2/h3-45H2,1-2H3. The van der Waals surface area contributed by atoms with E-state index in [0.29, 0.717) is 132 Å². The Morgan fingerprint density at radius 1 is 0.241 bits per heavy atom. The van der Waals surface area contributed by atoms with Gasteiger partial charge in [-0.2, -0.15) is 0 Å². The average molecular weight is 837 g/mol. The third-order valence-electron chi connectivity index (χ3n) is 9.47. The third kappa shape index (κ3) is 53.1. The fraction of sp³-hybridized carbons (Fsp3) is 0.978. The molecule has 0 heterocycles. The van der Waals surface area contributed by atoms with E-state index >= 15 is 0 Å². The largest absolute Gasteiger partial charge is 0.463 e. The highest BCUT2D eigenvalue weighted by molar-refractivity contribution is 5.69. The van der Waals surface area contributed by atoms with Gasteiger partial charge in [-0.05, 0) is 12.8 Å². The molecule has 0 atom stereocenters. The van der Waals surface area contributed by atoms with Crippen LogP contribution in [0.25, 0.3) is 0 Å². The highest BCUT2D eigenvalue weighted by atomic mass is 16.6. The maximum absolute atomic E-state index is 11.7. The van der Waals surface area contributed by atoms with E-state index in [1.807, 2.05) is 0 Å². The molecular weight excluding hydrogens is 744 g/mol. The zero-order chi connectivity index (χ0) is 41.8. The van der Waals surface area contributed by atoms with Gasteiger partial charge in [-0.3, -0.25) is 4.79 Å². The number of carbonyl (C=O) groups excluding carboxylic acids is 1. The van der Waals surface area contributed by atoms with E-state index in [-0.39, 0.29) is 12.6 Å². The van der Waals surface area contributed by atoms with E-state index < -0.39 is 0 Å². The summed E-state index contributed by atoms with van der Waals surface area (Å²) in [5.74, 6) is -0.137. The Hall–Kier alpha value is -0.930. The van der Waals surface area contributed by atoms with E-state index in [0.717, 1.165) is 25.9 Å². The summed E-state index contributed by atoms with van der Waals surface area (Å²) in [7, 11) is 0. The number of unbranched alkanes of at least 4 members (excludes halogenated alkanes) is 19. The van der Waals surface area contributed by atoms with Crippen LogP contribution in [0.1, 0.15) is 155 Å². The molecule has 0 saturated heterocycles. The summed E-state index contributed by atoms with van der Waals surface area (Å²) in [6.45, 7) is 15.5. The van der Waals surface area contributed by atoms with Gasteiger partial charge in [-0.15, -0.1) is 0 Å². The smallest absolute Gasteiger partial charge is 0.305 e. The summed E-state index contributed by atoms with van der Waals surface area (Å²) in [6, 6.07) is 0. The van der Waals surface area contributed by atoms with Gasteiger partial charge in [0.1, 0.15) is 6.61 Å². The van der Waals surface area contributed by atoms with Crippen LogP contribution >= 0.6 is 0 Å². The second-order valence-corrected chi connectivity index (χ2v) is 14.8. The fourth-order valence-corrected chi connectivity index (χ4v) is 5.99. The van der Waals surface area contributed by atoms with Crippen molar-refractivity contribution in [3.8, 4) is 0 Å². The molecule has 0 aromatic rings. The predicted molar refractivity (Wildman–Crippen MR) is 232 cm³/mol. The summed E-state index contributed by atoms with van der Waals surface area (Å²) in [5.41, 5.74) is 0. The van der Waals surface area contributed by atoms with Gasteiger partial charge in [-0.1, -0.05) is 136 Å². The second-order valence-electron chi connectivity index (χ2n) is 14.8. The molecule has 0 bridgehead atoms. The van der Waals surface area contributed by atoms with Crippen molar-refractivity contribution < 1.29 is 56.9 Å². The molecule has 0 fully saturated rings. The van der Waals surface area contributed by atoms with Crippen LogP contribution in [0, 0.1) is 0 Å². The van der Waals surface area contributed by atoms with Gasteiger partial charge < -0.3 is 52.1 Å². The van der Waals surface area contributed by atoms with Gasteiger partial charge in [0, 0.05) is 13.0 Å². The van der Waals surface area contributed by atoms with Gasteiger partial charge >= 0.3 is 5.97 Å². The Balaban J connectivity index is 3.09. The Morgan fingerprint density at radius 2 is 0.448 bits per heavy atom. The van der Waals surface area contributed by atoms with Crippen molar-refractivity contribution in [3.63, 3.8) is 0 Å². The number of hydrogen-bond acceptors (Lipinski definition) is 12. The molecule has 58 heavy (non-hydrogen) atoms. The molecule has 0 aliphatic rings. The van der Waals surface area contributed by atoms with Crippen molar-refractivity contribution in [2.24, 2.45) is 0 Å². The topological polar surface area (TPSA) is 119 Å². The fourth-order valence-electron chi connectivity index (χ4n) is 5.99. The molecule has 0 aromatic carbocycles. The molecule has 0 N–H and O–H groups in total. The van der Waals surface area contributed by atoms with Crippen LogP contribution in [0.4, 0.5) is 0 Å². The van der Waals surface area contributed by atoms with Crippen molar-refractivity contribution in [2.45, 2.75) is 155 Å². The van der Waals surface area contributed by atoms with Gasteiger partial charge in [0.2, 0.25) is 0 Å². The zero-order valence-electron chi connectivity index (χ0n) is 37.8. The lowest BCUT2D eigenvalue weighted by Gasteiger charge is -2.09. The first-order chi connectivity index (χ1) is 28.8. The van der Waals surface area contributed by atoms with Crippen LogP contribution in [0.3, 0.4) is 0 Å². The molecule has 0 saturated carbocycles. The lowest BCUT2D eigenvalue weighted by Crippen LogP contribution is -2.15. The number of hydrogen-bond donors (Lipinski definition) is 0. The minimum Gasteiger partial charge on any atom is -0.463 e. The summed E-state index contributed by atoms with van der Waals surface area (Å²) < 4.78 is 60.5. The molecule has 0 aromatic heterocycles. The SMILES string of the molecule is CCCCCCCCCCCCCCCCOCCOCCOCCOCCOCCOCCOCCOCCOCCOCCOC(=O)CCCCCCCCC. The molecule has 12 nitrogen and oxygen atoms in total. The summed E-state index contributed by atoms with van der Waals surface area (Å²) in [4.78, 5) is 11.7. The van der Waals surface area contributed by atoms with Crippen LogP contribution in [0.15, 0.2) is 0 Å². The first-order valence-electron chi connectivity index (χ1n) is 23.7. The third-order valence-corrected chi connectivity index (χ3v) is 9.47. The minimum atomic E-state index is -0.137. The molecule has 0 spiro atoms. The molecule has 0 amide bonds. The first kappa shape index (κ1) is 57.1. The predicted octanol–water partition coefficient (Wildman–Crippen LogP) is 9.32. The molecule has 0 aliphatic heterocycles. The number of carbonyl (C=O) groups is 1. The lowest BCUT2D eigenvalue weighted by molar-refractivity contribution is -0.145. The Labute approximate surface area is 356 Å². The highest BCUT2D eigenvalue weighted by Gasteiger charge is 2.03. The van der Waals surface area contributed by atoms with Crippen molar-refractivity contribution >= 4 is 5.97 Å². The first-order valence-corrected chi connectivity index (χ1v) is 23.7. The molecule has 12 heteroatoms. The van der Waals surface area contributed by atoms with Crippen LogP contribution in [0.5, 0.6) is 0 Å². The molecular formula is C46H92O12. The normalized spacial score (nSPS) is 11.6. The maximum atomic E-state index is 11.7. The van der Waals surface area contributed by atoms with Gasteiger partial charge in [-0.25, -0.2) is 0 Å². The molecule has 0 unspecified atom stereocenters. The summed E-state index contributed by atoms with van der Waals surface area (Å²) in [6.07, 6.45) is 28.0. The minimum absolute atomic E-state index is 0.137. The van der Waals surface area contributed by atoms with Crippen LogP contribution in [-0.2, 0) is 56.9 Å². The summed E-state index contributed by atoms with van der Waals surface area (Å²) in [5, 5.41) is 0. The van der Waals surface area contributed by atoms with E-state index in [1.54, 1.807) is 0 Å². The van der Waals surface area contributed by atoms with E-state index in [9.17, 15) is 4.79 Å². The quantitative estimate of drug-likeness (QED) is 0.0429.